The molecule has 0 spiro atoms. The van der Waals surface area contributed by atoms with E-state index in [2.05, 4.69) is 4.99 Å². The Morgan fingerprint density at radius 3 is 2.20 bits per heavy atom. The Morgan fingerprint density at radius 1 is 1.40 bits per heavy atom. The quantitative estimate of drug-likeness (QED) is 0.531. The van der Waals surface area contributed by atoms with E-state index in [1.54, 1.807) is 14.0 Å². The molecule has 58 valence electrons. The summed E-state index contributed by atoms with van der Waals surface area (Å²) in [5.74, 6) is 0. The monoisotopic (exact) mass is 147 g/mol. The van der Waals surface area contributed by atoms with Crippen molar-refractivity contribution in [2.24, 2.45) is 4.99 Å². The maximum atomic E-state index is 11.8. The lowest BCUT2D eigenvalue weighted by Gasteiger charge is -1.96. The van der Waals surface area contributed by atoms with Crippen LogP contribution in [0.2, 0.25) is 0 Å². The number of allylic oxidation sites excluding steroid dienone is 2. The lowest BCUT2D eigenvalue weighted by atomic mass is 10.2. The highest BCUT2D eigenvalue weighted by atomic mass is 19.3. The zero-order chi connectivity index (χ0) is 8.15. The molecule has 0 aromatic rings. The van der Waals surface area contributed by atoms with Gasteiger partial charge < -0.3 is 0 Å². The molecule has 0 unspecified atom stereocenters. The van der Waals surface area contributed by atoms with Crippen LogP contribution in [-0.4, -0.2) is 19.2 Å². The smallest absolute Gasteiger partial charge is 0.260 e. The van der Waals surface area contributed by atoms with Crippen LogP contribution in [0.5, 0.6) is 0 Å². The van der Waals surface area contributed by atoms with E-state index >= 15 is 0 Å². The summed E-state index contributed by atoms with van der Waals surface area (Å²) in [5.41, 5.74) is 0.681. The number of hydrogen-bond acceptors (Lipinski definition) is 1. The fourth-order valence-corrected chi connectivity index (χ4v) is 0.457. The van der Waals surface area contributed by atoms with Crippen molar-refractivity contribution in [1.82, 2.24) is 0 Å². The molecule has 1 nitrogen and oxygen atoms in total. The fraction of sp³-hybridized carbons (Fsp3) is 0.571. The van der Waals surface area contributed by atoms with E-state index in [9.17, 15) is 8.78 Å². The molecule has 0 saturated heterocycles. The van der Waals surface area contributed by atoms with Gasteiger partial charge in [-0.05, 0) is 25.5 Å². The van der Waals surface area contributed by atoms with Crippen LogP contribution in [-0.2, 0) is 0 Å². The summed E-state index contributed by atoms with van der Waals surface area (Å²) < 4.78 is 23.6. The zero-order valence-electron chi connectivity index (χ0n) is 6.36. The number of aliphatic imine (C=N–C) groups is 1. The Labute approximate surface area is 59.5 Å². The molecule has 0 aromatic carbocycles. The Bertz CT molecular complexity index is 159. The number of rotatable bonds is 2. The average molecular weight is 147 g/mol. The first-order chi connectivity index (χ1) is 4.57. The summed E-state index contributed by atoms with van der Waals surface area (Å²) in [6.07, 6.45) is -0.985. The second-order valence-electron chi connectivity index (χ2n) is 2.05. The van der Waals surface area contributed by atoms with Gasteiger partial charge in [0, 0.05) is 12.8 Å². The van der Waals surface area contributed by atoms with Gasteiger partial charge in [-0.25, -0.2) is 8.78 Å². The van der Waals surface area contributed by atoms with E-state index < -0.39 is 6.43 Å². The van der Waals surface area contributed by atoms with Gasteiger partial charge in [-0.2, -0.15) is 0 Å². The number of halogens is 2. The van der Waals surface area contributed by atoms with Crippen molar-refractivity contribution in [3.8, 4) is 0 Å². The van der Waals surface area contributed by atoms with Crippen LogP contribution in [0.25, 0.3) is 0 Å². The summed E-state index contributed by atoms with van der Waals surface area (Å²) in [6, 6.07) is 0. The molecule has 0 amide bonds. The molecule has 0 N–H and O–H groups in total. The third kappa shape index (κ3) is 3.33. The molecule has 0 heterocycles. The molecular formula is C7H11F2N. The SMILES string of the molecule is CN=C(C)/C=C(\C)C(F)F. The molecule has 0 aliphatic rings. The van der Waals surface area contributed by atoms with Gasteiger partial charge >= 0.3 is 0 Å². The van der Waals surface area contributed by atoms with E-state index in [0.29, 0.717) is 5.71 Å². The molecular weight excluding hydrogens is 136 g/mol. The summed E-state index contributed by atoms with van der Waals surface area (Å²) in [6.45, 7) is 3.07. The topological polar surface area (TPSA) is 12.4 Å². The second-order valence-corrected chi connectivity index (χ2v) is 2.05. The van der Waals surface area contributed by atoms with Crippen LogP contribution >= 0.6 is 0 Å². The maximum Gasteiger partial charge on any atom is 0.260 e. The van der Waals surface area contributed by atoms with Crippen molar-refractivity contribution >= 4 is 5.71 Å². The van der Waals surface area contributed by atoms with Crippen LogP contribution in [0.1, 0.15) is 13.8 Å². The normalized spacial score (nSPS) is 14.6. The molecule has 0 atom stereocenters. The average Bonchev–Trinajstić information content (AvgIpc) is 1.87. The predicted molar refractivity (Wildman–Crippen MR) is 38.8 cm³/mol. The minimum atomic E-state index is -2.36. The Balaban J connectivity index is 4.17. The zero-order valence-corrected chi connectivity index (χ0v) is 6.36. The Morgan fingerprint density at radius 2 is 1.90 bits per heavy atom. The van der Waals surface area contributed by atoms with Crippen molar-refractivity contribution in [3.05, 3.63) is 11.6 Å². The van der Waals surface area contributed by atoms with Gasteiger partial charge in [0.15, 0.2) is 0 Å². The predicted octanol–water partition coefficient (Wildman–Crippen LogP) is 2.29. The second kappa shape index (κ2) is 4.14. The van der Waals surface area contributed by atoms with Crippen LogP contribution in [0.15, 0.2) is 16.6 Å². The number of hydrogen-bond donors (Lipinski definition) is 0. The summed E-state index contributed by atoms with van der Waals surface area (Å²) in [4.78, 5) is 3.72. The van der Waals surface area contributed by atoms with Gasteiger partial charge in [-0.15, -0.1) is 0 Å². The first-order valence-electron chi connectivity index (χ1n) is 2.97. The van der Waals surface area contributed by atoms with Gasteiger partial charge in [-0.3, -0.25) is 4.99 Å². The molecule has 0 rings (SSSR count). The van der Waals surface area contributed by atoms with Crippen molar-refractivity contribution in [1.29, 1.82) is 0 Å². The lowest BCUT2D eigenvalue weighted by molar-refractivity contribution is 0.190. The van der Waals surface area contributed by atoms with Crippen molar-refractivity contribution < 1.29 is 8.78 Å². The first-order valence-corrected chi connectivity index (χ1v) is 2.97. The summed E-state index contributed by atoms with van der Waals surface area (Å²) >= 11 is 0. The fourth-order valence-electron chi connectivity index (χ4n) is 0.457. The minimum absolute atomic E-state index is 0.0584. The van der Waals surface area contributed by atoms with Crippen LogP contribution in [0, 0.1) is 0 Å². The van der Waals surface area contributed by atoms with Gasteiger partial charge in [0.05, 0.1) is 0 Å². The third-order valence-corrected chi connectivity index (χ3v) is 1.13. The number of nitrogens with zero attached hydrogens (tertiary/aromatic N) is 1. The maximum absolute atomic E-state index is 11.8. The van der Waals surface area contributed by atoms with Gasteiger partial charge in [0.2, 0.25) is 0 Å². The number of alkyl halides is 2. The molecule has 0 radical (unpaired) electrons. The molecule has 0 aliphatic heterocycles. The summed E-state index contributed by atoms with van der Waals surface area (Å²) in [7, 11) is 1.57. The van der Waals surface area contributed by atoms with Gasteiger partial charge in [0.1, 0.15) is 0 Å². The molecule has 0 fully saturated rings. The van der Waals surface area contributed by atoms with E-state index in [4.69, 9.17) is 0 Å². The van der Waals surface area contributed by atoms with E-state index in [-0.39, 0.29) is 5.57 Å². The molecule has 3 heteroatoms. The molecule has 0 aromatic heterocycles. The largest absolute Gasteiger partial charge is 0.293 e. The van der Waals surface area contributed by atoms with Gasteiger partial charge in [-0.1, -0.05) is 0 Å². The third-order valence-electron chi connectivity index (χ3n) is 1.13. The van der Waals surface area contributed by atoms with E-state index in [0.717, 1.165) is 0 Å². The molecule has 0 saturated carbocycles. The molecule has 0 aliphatic carbocycles. The first kappa shape index (κ1) is 9.27. The Hall–Kier alpha value is -0.730. The van der Waals surface area contributed by atoms with Crippen molar-refractivity contribution in [3.63, 3.8) is 0 Å². The van der Waals surface area contributed by atoms with E-state index in [1.165, 1.54) is 13.0 Å². The van der Waals surface area contributed by atoms with Gasteiger partial charge in [0.25, 0.3) is 6.43 Å². The van der Waals surface area contributed by atoms with Crippen molar-refractivity contribution in [2.75, 3.05) is 7.05 Å². The van der Waals surface area contributed by atoms with Crippen LogP contribution < -0.4 is 0 Å². The van der Waals surface area contributed by atoms with E-state index in [1.807, 2.05) is 0 Å². The molecule has 10 heavy (non-hydrogen) atoms. The highest BCUT2D eigenvalue weighted by molar-refractivity contribution is 5.93. The molecule has 0 bridgehead atoms. The van der Waals surface area contributed by atoms with Crippen LogP contribution in [0.4, 0.5) is 8.78 Å². The van der Waals surface area contributed by atoms with Crippen LogP contribution in [0.3, 0.4) is 0 Å². The minimum Gasteiger partial charge on any atom is -0.293 e. The van der Waals surface area contributed by atoms with Crippen molar-refractivity contribution in [2.45, 2.75) is 20.3 Å². The highest BCUT2D eigenvalue weighted by Crippen LogP contribution is 2.06. The standard InChI is InChI=1S/C7H11F2N/c1-5(7(8)9)4-6(2)10-3/h4,7H,1-3H3/b5-4+,10-6?. The summed E-state index contributed by atoms with van der Waals surface area (Å²) in [5, 5.41) is 0. The highest BCUT2D eigenvalue weighted by Gasteiger charge is 2.03. The lowest BCUT2D eigenvalue weighted by Crippen LogP contribution is -1.95. The Kier molecular flexibility index (Phi) is 3.84.